The Labute approximate surface area is 136 Å². The number of fused-ring (bicyclic) bond motifs is 1. The molecule has 2 N–H and O–H groups in total. The predicted molar refractivity (Wildman–Crippen MR) is 94.1 cm³/mol. The third-order valence-electron chi connectivity index (χ3n) is 3.48. The average molecular weight is 394 g/mol. The van der Waals surface area contributed by atoms with Crippen LogP contribution in [-0.2, 0) is 0 Å². The van der Waals surface area contributed by atoms with Crippen molar-refractivity contribution < 1.29 is 0 Å². The van der Waals surface area contributed by atoms with Crippen molar-refractivity contribution in [2.75, 3.05) is 0 Å². The van der Waals surface area contributed by atoms with E-state index in [4.69, 9.17) is 17.3 Å². The molecule has 0 aliphatic heterocycles. The monoisotopic (exact) mass is 393 g/mol. The molecule has 0 bridgehead atoms. The zero-order chi connectivity index (χ0) is 14.1. The normalized spacial score (nSPS) is 12.6. The molecule has 3 heteroatoms. The molecule has 0 radical (unpaired) electrons. The minimum atomic E-state index is -0.148. The lowest BCUT2D eigenvalue weighted by Crippen LogP contribution is -2.13. The summed E-state index contributed by atoms with van der Waals surface area (Å²) in [4.78, 5) is 0. The lowest BCUT2D eigenvalue weighted by molar-refractivity contribution is 0.874. The molecular formula is C17H13ClIN. The molecule has 0 amide bonds. The molecule has 0 spiro atoms. The fourth-order valence-electron chi connectivity index (χ4n) is 2.45. The Morgan fingerprint density at radius 3 is 2.20 bits per heavy atom. The maximum Gasteiger partial charge on any atom is 0.0568 e. The maximum atomic E-state index is 6.49. The fourth-order valence-corrected chi connectivity index (χ4v) is 3.40. The van der Waals surface area contributed by atoms with Gasteiger partial charge in [-0.2, -0.15) is 0 Å². The van der Waals surface area contributed by atoms with Gasteiger partial charge < -0.3 is 5.73 Å². The van der Waals surface area contributed by atoms with Gasteiger partial charge >= 0.3 is 0 Å². The Kier molecular flexibility index (Phi) is 3.96. The van der Waals surface area contributed by atoms with E-state index in [1.54, 1.807) is 0 Å². The largest absolute Gasteiger partial charge is 0.320 e. The van der Waals surface area contributed by atoms with Gasteiger partial charge in [0.25, 0.3) is 0 Å². The van der Waals surface area contributed by atoms with Gasteiger partial charge in [-0.3, -0.25) is 0 Å². The fraction of sp³-hybridized carbons (Fsp3) is 0.0588. The van der Waals surface area contributed by atoms with E-state index in [1.165, 1.54) is 3.57 Å². The second-order valence-corrected chi connectivity index (χ2v) is 6.25. The predicted octanol–water partition coefficient (Wildman–Crippen LogP) is 5.15. The summed E-state index contributed by atoms with van der Waals surface area (Å²) in [6.45, 7) is 0. The van der Waals surface area contributed by atoms with Crippen molar-refractivity contribution in [1.29, 1.82) is 0 Å². The highest BCUT2D eigenvalue weighted by molar-refractivity contribution is 14.1. The van der Waals surface area contributed by atoms with Gasteiger partial charge in [-0.25, -0.2) is 0 Å². The second kappa shape index (κ2) is 5.72. The number of rotatable bonds is 2. The molecule has 1 atom stereocenters. The molecule has 1 nitrogen and oxygen atoms in total. The summed E-state index contributed by atoms with van der Waals surface area (Å²) >= 11 is 8.60. The smallest absolute Gasteiger partial charge is 0.0568 e. The van der Waals surface area contributed by atoms with Crippen LogP contribution in [0.15, 0.2) is 60.7 Å². The first-order valence-corrected chi connectivity index (χ1v) is 7.81. The standard InChI is InChI=1S/C17H13ClIN/c18-15-10-9-13(11-5-1-2-6-12(11)15)17(20)14-7-3-4-8-16(14)19/h1-10,17H,20H2. The highest BCUT2D eigenvalue weighted by Gasteiger charge is 2.15. The van der Waals surface area contributed by atoms with E-state index >= 15 is 0 Å². The van der Waals surface area contributed by atoms with Crippen LogP contribution in [0.2, 0.25) is 5.02 Å². The first-order chi connectivity index (χ1) is 9.68. The van der Waals surface area contributed by atoms with Crippen molar-refractivity contribution in [3.8, 4) is 0 Å². The summed E-state index contributed by atoms with van der Waals surface area (Å²) in [6.07, 6.45) is 0. The zero-order valence-corrected chi connectivity index (χ0v) is 13.6. The van der Waals surface area contributed by atoms with Gasteiger partial charge in [-0.1, -0.05) is 60.1 Å². The van der Waals surface area contributed by atoms with Crippen LogP contribution < -0.4 is 5.73 Å². The molecule has 0 aromatic heterocycles. The van der Waals surface area contributed by atoms with E-state index < -0.39 is 0 Å². The summed E-state index contributed by atoms with van der Waals surface area (Å²) in [5, 5.41) is 2.93. The van der Waals surface area contributed by atoms with E-state index in [0.29, 0.717) is 0 Å². The summed E-state index contributed by atoms with van der Waals surface area (Å²) in [6, 6.07) is 20.1. The molecule has 0 saturated heterocycles. The number of hydrogen-bond acceptors (Lipinski definition) is 1. The quantitative estimate of drug-likeness (QED) is 0.599. The molecular weight excluding hydrogens is 381 g/mol. The van der Waals surface area contributed by atoms with Crippen LogP contribution >= 0.6 is 34.2 Å². The second-order valence-electron chi connectivity index (χ2n) is 4.68. The topological polar surface area (TPSA) is 26.0 Å². The highest BCUT2D eigenvalue weighted by atomic mass is 127. The molecule has 0 fully saturated rings. The zero-order valence-electron chi connectivity index (χ0n) is 10.7. The molecule has 3 aromatic rings. The van der Waals surface area contributed by atoms with Gasteiger partial charge in [0.05, 0.1) is 6.04 Å². The van der Waals surface area contributed by atoms with E-state index in [-0.39, 0.29) is 6.04 Å². The molecule has 3 rings (SSSR count). The molecule has 100 valence electrons. The van der Waals surface area contributed by atoms with E-state index in [9.17, 15) is 0 Å². The first-order valence-electron chi connectivity index (χ1n) is 6.35. The van der Waals surface area contributed by atoms with Crippen LogP contribution in [0.5, 0.6) is 0 Å². The van der Waals surface area contributed by atoms with Gasteiger partial charge in [-0.05, 0) is 51.2 Å². The van der Waals surface area contributed by atoms with Crippen molar-refractivity contribution in [2.45, 2.75) is 6.04 Å². The van der Waals surface area contributed by atoms with E-state index in [2.05, 4.69) is 40.8 Å². The van der Waals surface area contributed by atoms with Gasteiger partial charge in [0.15, 0.2) is 0 Å². The molecule has 20 heavy (non-hydrogen) atoms. The van der Waals surface area contributed by atoms with Crippen LogP contribution in [0, 0.1) is 3.57 Å². The number of benzene rings is 3. The average Bonchev–Trinajstić information content (AvgIpc) is 2.48. The van der Waals surface area contributed by atoms with Crippen LogP contribution in [0.4, 0.5) is 0 Å². The summed E-state index contributed by atoms with van der Waals surface area (Å²) < 4.78 is 1.18. The third kappa shape index (κ3) is 2.43. The van der Waals surface area contributed by atoms with E-state index in [0.717, 1.165) is 26.9 Å². The van der Waals surface area contributed by atoms with Crippen molar-refractivity contribution in [3.05, 3.63) is 80.4 Å². The molecule has 0 saturated carbocycles. The Bertz CT molecular complexity index is 770. The van der Waals surface area contributed by atoms with Gasteiger partial charge in [0.2, 0.25) is 0 Å². The summed E-state index contributed by atoms with van der Waals surface area (Å²) in [5.74, 6) is 0. The van der Waals surface area contributed by atoms with Crippen molar-refractivity contribution in [1.82, 2.24) is 0 Å². The Morgan fingerprint density at radius 1 is 0.800 bits per heavy atom. The maximum absolute atomic E-state index is 6.49. The number of halogens is 2. The molecule has 0 aliphatic carbocycles. The molecule has 0 aliphatic rings. The van der Waals surface area contributed by atoms with Gasteiger partial charge in [0.1, 0.15) is 0 Å². The Morgan fingerprint density at radius 2 is 1.45 bits per heavy atom. The minimum absolute atomic E-state index is 0.148. The van der Waals surface area contributed by atoms with Gasteiger partial charge in [0, 0.05) is 14.0 Å². The lowest BCUT2D eigenvalue weighted by Gasteiger charge is -2.17. The van der Waals surface area contributed by atoms with Crippen molar-refractivity contribution in [2.24, 2.45) is 5.73 Å². The van der Waals surface area contributed by atoms with E-state index in [1.807, 2.05) is 42.5 Å². The number of hydrogen-bond donors (Lipinski definition) is 1. The van der Waals surface area contributed by atoms with Crippen LogP contribution in [0.1, 0.15) is 17.2 Å². The highest BCUT2D eigenvalue weighted by Crippen LogP contribution is 2.32. The Hall–Kier alpha value is -1.10. The minimum Gasteiger partial charge on any atom is -0.320 e. The summed E-state index contributed by atoms with van der Waals surface area (Å²) in [7, 11) is 0. The molecule has 1 unspecified atom stereocenters. The van der Waals surface area contributed by atoms with Crippen molar-refractivity contribution >= 4 is 45.0 Å². The lowest BCUT2D eigenvalue weighted by atomic mass is 9.94. The van der Waals surface area contributed by atoms with Crippen LogP contribution in [-0.4, -0.2) is 0 Å². The summed E-state index contributed by atoms with van der Waals surface area (Å²) in [5.41, 5.74) is 8.73. The van der Waals surface area contributed by atoms with Crippen LogP contribution in [0.3, 0.4) is 0 Å². The van der Waals surface area contributed by atoms with Crippen molar-refractivity contribution in [3.63, 3.8) is 0 Å². The number of nitrogens with two attached hydrogens (primary N) is 1. The third-order valence-corrected chi connectivity index (χ3v) is 4.79. The SMILES string of the molecule is NC(c1ccccc1I)c1ccc(Cl)c2ccccc12. The molecule has 3 aromatic carbocycles. The Balaban J connectivity index is 2.20. The van der Waals surface area contributed by atoms with Gasteiger partial charge in [-0.15, -0.1) is 0 Å². The first kappa shape index (κ1) is 13.9. The molecule has 0 heterocycles. The van der Waals surface area contributed by atoms with Crippen LogP contribution in [0.25, 0.3) is 10.8 Å².